The van der Waals surface area contributed by atoms with Crippen LogP contribution in [0.2, 0.25) is 0 Å². The molecular weight excluding hydrogens is 502 g/mol. The monoisotopic (exact) mass is 545 g/mol. The van der Waals surface area contributed by atoms with Gasteiger partial charge in [0, 0.05) is 11.6 Å². The van der Waals surface area contributed by atoms with Gasteiger partial charge in [-0.15, -0.1) is 0 Å². The van der Waals surface area contributed by atoms with E-state index >= 15 is 0 Å². The van der Waals surface area contributed by atoms with Crippen LogP contribution in [0.4, 0.5) is 10.6 Å². The minimum Gasteiger partial charge on any atom is -0.457 e. The van der Waals surface area contributed by atoms with Crippen molar-refractivity contribution in [2.75, 3.05) is 5.73 Å². The highest BCUT2D eigenvalue weighted by Crippen LogP contribution is 2.61. The first-order chi connectivity index (χ1) is 19.1. The Morgan fingerprint density at radius 2 is 1.57 bits per heavy atom. The Morgan fingerprint density at radius 3 is 2.12 bits per heavy atom. The number of nitrogens with one attached hydrogen (secondary N) is 1. The maximum Gasteiger partial charge on any atom is 0.407 e. The molecule has 0 bridgehead atoms. The maximum absolute atomic E-state index is 12.0. The zero-order chi connectivity index (χ0) is 29.5. The number of hydrogen-bond donors (Lipinski definition) is 2. The van der Waals surface area contributed by atoms with Gasteiger partial charge in [-0.25, -0.2) is 9.48 Å². The van der Waals surface area contributed by atoms with E-state index in [2.05, 4.69) is 11.4 Å². The van der Waals surface area contributed by atoms with Crippen LogP contribution in [-0.2, 0) is 4.74 Å². The highest BCUT2D eigenvalue weighted by Gasteiger charge is 2.54. The zero-order valence-corrected chi connectivity index (χ0v) is 24.8. The number of carbonyl (C=O) groups is 1. The van der Waals surface area contributed by atoms with Crippen molar-refractivity contribution in [2.24, 2.45) is 5.41 Å². The lowest BCUT2D eigenvalue weighted by molar-refractivity contribution is -0.0476. The lowest BCUT2D eigenvalue weighted by atomic mass is 9.52. The zero-order valence-electron chi connectivity index (χ0n) is 24.8. The van der Waals surface area contributed by atoms with E-state index in [1.165, 1.54) is 0 Å². The van der Waals surface area contributed by atoms with Gasteiger partial charge in [-0.05, 0) is 88.3 Å². The smallest absolute Gasteiger partial charge is 0.407 e. The highest BCUT2D eigenvalue weighted by atomic mass is 16.6. The average Bonchev–Trinajstić information content (AvgIpc) is 3.22. The topological polar surface area (TPSA) is 115 Å². The minimum atomic E-state index is -0.504. The first-order valence-corrected chi connectivity index (χ1v) is 14.3. The summed E-state index contributed by atoms with van der Waals surface area (Å²) >= 11 is 0. The van der Waals surface area contributed by atoms with Gasteiger partial charge >= 0.3 is 6.09 Å². The van der Waals surface area contributed by atoms with Crippen LogP contribution in [0.5, 0.6) is 11.5 Å². The molecule has 0 unspecified atom stereocenters. The molecule has 1 spiro atoms. The molecule has 0 radical (unpaired) electrons. The van der Waals surface area contributed by atoms with Crippen molar-refractivity contribution in [1.82, 2.24) is 15.1 Å². The molecule has 1 heterocycles. The van der Waals surface area contributed by atoms with Crippen LogP contribution in [0.1, 0.15) is 85.8 Å². The molecule has 1 aromatic heterocycles. The van der Waals surface area contributed by atoms with Crippen LogP contribution in [0.3, 0.4) is 0 Å². The van der Waals surface area contributed by atoms with Crippen molar-refractivity contribution < 1.29 is 14.3 Å². The first-order valence-electron chi connectivity index (χ1n) is 14.3. The lowest BCUT2D eigenvalue weighted by Gasteiger charge is -2.57. The molecule has 5 rings (SSSR count). The fourth-order valence-electron chi connectivity index (χ4n) is 5.35. The van der Waals surface area contributed by atoms with Gasteiger partial charge in [0.2, 0.25) is 0 Å². The number of ether oxygens (including phenoxy) is 2. The molecule has 40 heavy (non-hydrogen) atoms. The molecular formula is C32H43N5O3. The number of aromatic nitrogens is 2. The van der Waals surface area contributed by atoms with Gasteiger partial charge in [-0.2, -0.15) is 10.4 Å². The maximum atomic E-state index is 12.0. The highest BCUT2D eigenvalue weighted by molar-refractivity contribution is 5.73. The van der Waals surface area contributed by atoms with E-state index in [0.29, 0.717) is 22.8 Å². The third-order valence-electron chi connectivity index (χ3n) is 6.93. The van der Waals surface area contributed by atoms with E-state index in [-0.39, 0.29) is 23.6 Å². The van der Waals surface area contributed by atoms with Crippen LogP contribution in [0.15, 0.2) is 54.6 Å². The van der Waals surface area contributed by atoms with Gasteiger partial charge in [0.15, 0.2) is 0 Å². The SMILES string of the molecule is CC.CC.CC(C)(C)OC(=O)NC1CC2(C1)CC(n1nc(-c3ccc(Oc4ccccc4)cc3)c(C#N)c1N)C2. The molecule has 1 amide bonds. The van der Waals surface area contributed by atoms with Gasteiger partial charge in [-0.3, -0.25) is 0 Å². The Balaban J connectivity index is 0.00000106. The largest absolute Gasteiger partial charge is 0.457 e. The van der Waals surface area contributed by atoms with E-state index in [1.54, 1.807) is 0 Å². The van der Waals surface area contributed by atoms with Gasteiger partial charge in [0.25, 0.3) is 0 Å². The minimum absolute atomic E-state index is 0.137. The third kappa shape index (κ3) is 6.95. The molecule has 3 aromatic rings. The number of nitrogen functional groups attached to an aromatic ring is 1. The van der Waals surface area contributed by atoms with Crippen molar-refractivity contribution in [3.8, 4) is 28.8 Å². The summed E-state index contributed by atoms with van der Waals surface area (Å²) in [4.78, 5) is 12.0. The van der Waals surface area contributed by atoms with Crippen LogP contribution >= 0.6 is 0 Å². The Kier molecular flexibility index (Phi) is 9.86. The molecule has 0 aliphatic heterocycles. The molecule has 8 heteroatoms. The van der Waals surface area contributed by atoms with Crippen molar-refractivity contribution in [1.29, 1.82) is 5.26 Å². The van der Waals surface area contributed by atoms with Crippen LogP contribution in [-0.4, -0.2) is 27.5 Å². The molecule has 2 aromatic carbocycles. The van der Waals surface area contributed by atoms with Crippen molar-refractivity contribution in [3.05, 3.63) is 60.2 Å². The average molecular weight is 546 g/mol. The quantitative estimate of drug-likeness (QED) is 0.337. The van der Waals surface area contributed by atoms with Crippen LogP contribution < -0.4 is 15.8 Å². The van der Waals surface area contributed by atoms with E-state index in [9.17, 15) is 10.1 Å². The number of amides is 1. The Hall–Kier alpha value is -3.99. The third-order valence-corrected chi connectivity index (χ3v) is 6.93. The number of para-hydroxylation sites is 1. The van der Waals surface area contributed by atoms with Crippen LogP contribution in [0.25, 0.3) is 11.3 Å². The standard InChI is InChI=1S/C28H31N5O3.2C2H6/c1-27(2,3)36-26(34)31-19-13-28(14-19)15-20(16-28)33-25(30)23(17-29)24(32-33)18-9-11-22(12-10-18)35-21-7-5-4-6-8-21;2*1-2/h4-12,19-20H,13-16,30H2,1-3H3,(H,31,34);2*1-2H3. The molecule has 0 saturated heterocycles. The van der Waals surface area contributed by atoms with Gasteiger partial charge < -0.3 is 20.5 Å². The summed E-state index contributed by atoms with van der Waals surface area (Å²) in [6, 6.07) is 19.6. The number of carbonyl (C=O) groups excluding carboxylic acids is 1. The second kappa shape index (κ2) is 12.9. The lowest BCUT2D eigenvalue weighted by Crippen LogP contribution is -2.57. The second-order valence-corrected chi connectivity index (χ2v) is 10.9. The first kappa shape index (κ1) is 30.6. The number of nitrogens with zero attached hydrogens (tertiary/aromatic N) is 3. The predicted molar refractivity (Wildman–Crippen MR) is 159 cm³/mol. The summed E-state index contributed by atoms with van der Waals surface area (Å²) in [6.07, 6.45) is 3.34. The van der Waals surface area contributed by atoms with Crippen molar-refractivity contribution >= 4 is 11.9 Å². The number of nitrogens with two attached hydrogens (primary N) is 1. The number of rotatable bonds is 5. The van der Waals surface area contributed by atoms with E-state index in [1.807, 2.05) is 108 Å². The normalized spacial score (nSPS) is 20.8. The summed E-state index contributed by atoms with van der Waals surface area (Å²) in [6.45, 7) is 13.6. The molecule has 214 valence electrons. The molecule has 2 aliphatic rings. The molecule has 3 N–H and O–H groups in total. The van der Waals surface area contributed by atoms with Gasteiger partial charge in [0.05, 0.1) is 6.04 Å². The van der Waals surface area contributed by atoms with Gasteiger partial charge in [0.1, 0.15) is 40.2 Å². The molecule has 2 aliphatic carbocycles. The summed E-state index contributed by atoms with van der Waals surface area (Å²) < 4.78 is 13.0. The Labute approximate surface area is 238 Å². The second-order valence-electron chi connectivity index (χ2n) is 10.9. The van der Waals surface area contributed by atoms with E-state index in [0.717, 1.165) is 37.0 Å². The van der Waals surface area contributed by atoms with Gasteiger partial charge in [-0.1, -0.05) is 45.9 Å². The summed E-state index contributed by atoms with van der Waals surface area (Å²) in [7, 11) is 0. The number of nitriles is 1. The van der Waals surface area contributed by atoms with Crippen molar-refractivity contribution in [2.45, 2.75) is 91.8 Å². The van der Waals surface area contributed by atoms with Crippen molar-refractivity contribution in [3.63, 3.8) is 0 Å². The molecule has 2 saturated carbocycles. The molecule has 0 atom stereocenters. The fraction of sp³-hybridized carbons (Fsp3) is 0.469. The Morgan fingerprint density at radius 1 is 1.00 bits per heavy atom. The van der Waals surface area contributed by atoms with E-state index < -0.39 is 5.60 Å². The number of anilines is 1. The molecule has 8 nitrogen and oxygen atoms in total. The number of hydrogen-bond acceptors (Lipinski definition) is 6. The summed E-state index contributed by atoms with van der Waals surface area (Å²) in [5.41, 5.74) is 7.87. The number of benzene rings is 2. The van der Waals surface area contributed by atoms with Crippen LogP contribution in [0, 0.1) is 16.7 Å². The summed E-state index contributed by atoms with van der Waals surface area (Å²) in [5.74, 6) is 1.87. The number of alkyl carbamates (subject to hydrolysis) is 1. The van der Waals surface area contributed by atoms with E-state index in [4.69, 9.17) is 20.3 Å². The predicted octanol–water partition coefficient (Wildman–Crippen LogP) is 7.86. The Bertz CT molecular complexity index is 1290. The fourth-order valence-corrected chi connectivity index (χ4v) is 5.35. The summed E-state index contributed by atoms with van der Waals surface area (Å²) in [5, 5.41) is 17.5. The molecule has 2 fully saturated rings.